The van der Waals surface area contributed by atoms with E-state index < -0.39 is 0 Å². The molecule has 1 fully saturated rings. The van der Waals surface area contributed by atoms with Gasteiger partial charge in [-0.05, 0) is 18.9 Å². The minimum atomic E-state index is -0.135. The largest absolute Gasteiger partial charge is 0.351 e. The molecule has 0 aliphatic carbocycles. The van der Waals surface area contributed by atoms with Crippen LogP contribution in [0.4, 0.5) is 5.82 Å². The Morgan fingerprint density at radius 1 is 1.59 bits per heavy atom. The first-order chi connectivity index (χ1) is 10.7. The van der Waals surface area contributed by atoms with Crippen LogP contribution >= 0.6 is 0 Å². The second-order valence-electron chi connectivity index (χ2n) is 5.54. The normalized spacial score (nSPS) is 17.6. The summed E-state index contributed by atoms with van der Waals surface area (Å²) in [4.78, 5) is 27.4. The number of fused-ring (bicyclic) bond motifs is 1. The van der Waals surface area contributed by atoms with Gasteiger partial charge < -0.3 is 14.8 Å². The van der Waals surface area contributed by atoms with Crippen LogP contribution in [0.15, 0.2) is 18.6 Å². The first kappa shape index (κ1) is 14.3. The van der Waals surface area contributed by atoms with Crippen LogP contribution in [0, 0.1) is 11.3 Å². The number of likely N-dealkylation sites (N-methyl/N-ethyl adjacent to an activating group) is 1. The molecule has 1 saturated heterocycles. The van der Waals surface area contributed by atoms with Gasteiger partial charge in [0.15, 0.2) is 0 Å². The number of carbonyl (C=O) groups excluding carboxylic acids is 1. The molecule has 1 aliphatic rings. The molecule has 1 amide bonds. The van der Waals surface area contributed by atoms with E-state index in [2.05, 4.69) is 19.9 Å². The standard InChI is InChI=1S/C15H18N6O/c1-20(13(22)4-6-16)9-11-3-2-8-21(11)15-12-5-7-17-14(12)18-10-19-15/h5,7,10-11H,2-4,8-9H2,1H3,(H,17,18,19). The maximum atomic E-state index is 11.8. The molecule has 1 N–H and O–H groups in total. The van der Waals surface area contributed by atoms with Crippen molar-refractivity contribution in [2.45, 2.75) is 25.3 Å². The molecule has 22 heavy (non-hydrogen) atoms. The third kappa shape index (κ3) is 2.60. The molecular weight excluding hydrogens is 280 g/mol. The van der Waals surface area contributed by atoms with Gasteiger partial charge in [0.05, 0.1) is 11.5 Å². The number of nitriles is 1. The van der Waals surface area contributed by atoms with Crippen molar-refractivity contribution in [1.29, 1.82) is 5.26 Å². The number of rotatable bonds is 4. The third-order valence-electron chi connectivity index (χ3n) is 4.12. The number of amides is 1. The number of nitrogens with one attached hydrogen (secondary N) is 1. The summed E-state index contributed by atoms with van der Waals surface area (Å²) in [7, 11) is 1.75. The van der Waals surface area contributed by atoms with E-state index in [1.807, 2.05) is 18.3 Å². The number of anilines is 1. The quantitative estimate of drug-likeness (QED) is 0.919. The fourth-order valence-corrected chi connectivity index (χ4v) is 3.01. The van der Waals surface area contributed by atoms with Gasteiger partial charge >= 0.3 is 0 Å². The topological polar surface area (TPSA) is 88.9 Å². The van der Waals surface area contributed by atoms with E-state index in [4.69, 9.17) is 5.26 Å². The molecule has 3 rings (SSSR count). The molecule has 0 spiro atoms. The molecule has 0 bridgehead atoms. The molecule has 2 aromatic heterocycles. The van der Waals surface area contributed by atoms with Crippen LogP contribution in [-0.2, 0) is 4.79 Å². The fourth-order valence-electron chi connectivity index (χ4n) is 3.01. The predicted molar refractivity (Wildman–Crippen MR) is 82.1 cm³/mol. The van der Waals surface area contributed by atoms with E-state index in [1.54, 1.807) is 18.3 Å². The van der Waals surface area contributed by atoms with Crippen LogP contribution in [0.2, 0.25) is 0 Å². The zero-order valence-electron chi connectivity index (χ0n) is 12.5. The number of aromatic nitrogens is 3. The number of aromatic amines is 1. The van der Waals surface area contributed by atoms with Crippen LogP contribution < -0.4 is 4.90 Å². The van der Waals surface area contributed by atoms with Gasteiger partial charge in [-0.3, -0.25) is 4.79 Å². The van der Waals surface area contributed by atoms with Crippen molar-refractivity contribution < 1.29 is 4.79 Å². The highest BCUT2D eigenvalue weighted by Gasteiger charge is 2.29. The van der Waals surface area contributed by atoms with Crippen molar-refractivity contribution >= 4 is 22.8 Å². The number of carbonyl (C=O) groups is 1. The zero-order valence-corrected chi connectivity index (χ0v) is 12.5. The van der Waals surface area contributed by atoms with Gasteiger partial charge in [-0.1, -0.05) is 0 Å². The maximum Gasteiger partial charge on any atom is 0.236 e. The van der Waals surface area contributed by atoms with Gasteiger partial charge in [0.1, 0.15) is 24.2 Å². The molecule has 114 valence electrons. The van der Waals surface area contributed by atoms with Crippen molar-refractivity contribution in [3.05, 3.63) is 18.6 Å². The lowest BCUT2D eigenvalue weighted by atomic mass is 10.2. The smallest absolute Gasteiger partial charge is 0.236 e. The van der Waals surface area contributed by atoms with Crippen molar-refractivity contribution in [2.75, 3.05) is 25.0 Å². The number of hydrogen-bond acceptors (Lipinski definition) is 5. The molecule has 0 aromatic carbocycles. The third-order valence-corrected chi connectivity index (χ3v) is 4.12. The molecule has 2 aromatic rings. The molecule has 1 unspecified atom stereocenters. The summed E-state index contributed by atoms with van der Waals surface area (Å²) in [5.41, 5.74) is 0.824. The molecule has 7 nitrogen and oxygen atoms in total. The number of H-pyrrole nitrogens is 1. The Morgan fingerprint density at radius 3 is 3.27 bits per heavy atom. The average molecular weight is 298 g/mol. The number of nitrogens with zero attached hydrogens (tertiary/aromatic N) is 5. The summed E-state index contributed by atoms with van der Waals surface area (Å²) < 4.78 is 0. The van der Waals surface area contributed by atoms with Gasteiger partial charge in [-0.15, -0.1) is 0 Å². The van der Waals surface area contributed by atoms with Crippen LogP contribution in [0.3, 0.4) is 0 Å². The summed E-state index contributed by atoms with van der Waals surface area (Å²) in [6, 6.07) is 4.11. The Morgan fingerprint density at radius 2 is 2.45 bits per heavy atom. The second-order valence-corrected chi connectivity index (χ2v) is 5.54. The lowest BCUT2D eigenvalue weighted by Crippen LogP contribution is -2.41. The van der Waals surface area contributed by atoms with Gasteiger partial charge in [0.25, 0.3) is 0 Å². The Labute approximate surface area is 128 Å². The Hall–Kier alpha value is -2.62. The molecule has 1 atom stereocenters. The molecule has 0 saturated carbocycles. The van der Waals surface area contributed by atoms with Crippen molar-refractivity contribution in [3.63, 3.8) is 0 Å². The summed E-state index contributed by atoms with van der Waals surface area (Å²) in [5.74, 6) is 0.777. The maximum absolute atomic E-state index is 11.8. The van der Waals surface area contributed by atoms with Crippen molar-refractivity contribution in [1.82, 2.24) is 19.9 Å². The van der Waals surface area contributed by atoms with E-state index in [0.29, 0.717) is 6.54 Å². The highest BCUT2D eigenvalue weighted by molar-refractivity contribution is 5.87. The summed E-state index contributed by atoms with van der Waals surface area (Å²) in [6.45, 7) is 1.53. The zero-order chi connectivity index (χ0) is 15.5. The average Bonchev–Trinajstić information content (AvgIpc) is 3.15. The van der Waals surface area contributed by atoms with Crippen molar-refractivity contribution in [3.8, 4) is 6.07 Å². The summed E-state index contributed by atoms with van der Waals surface area (Å²) in [6.07, 6.45) is 5.43. The predicted octanol–water partition coefficient (Wildman–Crippen LogP) is 1.30. The van der Waals surface area contributed by atoms with Crippen LogP contribution in [0.1, 0.15) is 19.3 Å². The monoisotopic (exact) mass is 298 g/mol. The Balaban J connectivity index is 1.80. The first-order valence-electron chi connectivity index (χ1n) is 7.36. The van der Waals surface area contributed by atoms with Crippen LogP contribution in [-0.4, -0.2) is 51.9 Å². The van der Waals surface area contributed by atoms with E-state index in [0.717, 1.165) is 36.2 Å². The van der Waals surface area contributed by atoms with Gasteiger partial charge in [0.2, 0.25) is 5.91 Å². The molecule has 0 radical (unpaired) electrons. The summed E-state index contributed by atoms with van der Waals surface area (Å²) in [5, 5.41) is 9.64. The minimum absolute atomic E-state index is 0.0707. The molecule has 7 heteroatoms. The Bertz CT molecular complexity index is 718. The number of hydrogen-bond donors (Lipinski definition) is 1. The van der Waals surface area contributed by atoms with Crippen molar-refractivity contribution in [2.24, 2.45) is 0 Å². The lowest BCUT2D eigenvalue weighted by molar-refractivity contribution is -0.129. The van der Waals surface area contributed by atoms with E-state index >= 15 is 0 Å². The second kappa shape index (κ2) is 6.02. The van der Waals surface area contributed by atoms with E-state index in [1.165, 1.54) is 0 Å². The lowest BCUT2D eigenvalue weighted by Gasteiger charge is -2.29. The van der Waals surface area contributed by atoms with Gasteiger partial charge in [0, 0.05) is 32.4 Å². The Kier molecular flexibility index (Phi) is 3.92. The first-order valence-corrected chi connectivity index (χ1v) is 7.36. The fraction of sp³-hybridized carbons (Fsp3) is 0.467. The van der Waals surface area contributed by atoms with Crippen LogP contribution in [0.5, 0.6) is 0 Å². The van der Waals surface area contributed by atoms with Gasteiger partial charge in [-0.2, -0.15) is 5.26 Å². The molecule has 1 aliphatic heterocycles. The SMILES string of the molecule is CN(CC1CCCN1c1ncnc2[nH]ccc12)C(=O)CC#N. The molecule has 3 heterocycles. The highest BCUT2D eigenvalue weighted by Crippen LogP contribution is 2.29. The summed E-state index contributed by atoms with van der Waals surface area (Å²) >= 11 is 0. The van der Waals surface area contributed by atoms with Gasteiger partial charge in [-0.25, -0.2) is 9.97 Å². The minimum Gasteiger partial charge on any atom is -0.351 e. The molecular formula is C15H18N6O. The van der Waals surface area contributed by atoms with E-state index in [9.17, 15) is 4.79 Å². The van der Waals surface area contributed by atoms with Crippen LogP contribution in [0.25, 0.3) is 11.0 Å². The highest BCUT2D eigenvalue weighted by atomic mass is 16.2. The van der Waals surface area contributed by atoms with E-state index in [-0.39, 0.29) is 18.4 Å².